The number of nitrogen functional groups attached to an aromatic ring is 1. The van der Waals surface area contributed by atoms with E-state index in [1.54, 1.807) is 0 Å². The van der Waals surface area contributed by atoms with E-state index >= 15 is 0 Å². The number of hydrogen-bond acceptors (Lipinski definition) is 2. The summed E-state index contributed by atoms with van der Waals surface area (Å²) in [5, 5.41) is 0. The first-order valence-corrected chi connectivity index (χ1v) is 6.27. The van der Waals surface area contributed by atoms with E-state index in [2.05, 4.69) is 13.8 Å². The molecule has 0 atom stereocenters. The molecule has 0 bridgehead atoms. The average Bonchev–Trinajstić information content (AvgIpc) is 2.71. The lowest BCUT2D eigenvalue weighted by molar-refractivity contribution is -0.118. The summed E-state index contributed by atoms with van der Waals surface area (Å²) in [6, 6.07) is 5.81. The highest BCUT2D eigenvalue weighted by molar-refractivity contribution is 5.96. The van der Waals surface area contributed by atoms with E-state index in [1.165, 1.54) is 0 Å². The van der Waals surface area contributed by atoms with Gasteiger partial charge in [0.1, 0.15) is 0 Å². The molecule has 3 nitrogen and oxygen atoms in total. The van der Waals surface area contributed by atoms with Gasteiger partial charge in [-0.3, -0.25) is 4.79 Å². The zero-order valence-corrected chi connectivity index (χ0v) is 10.6. The van der Waals surface area contributed by atoms with Crippen LogP contribution in [0.1, 0.15) is 32.3 Å². The SMILES string of the molecule is CC(C)CCC(=O)N1CCc2c(N)cccc21. The van der Waals surface area contributed by atoms with Crippen LogP contribution in [0.5, 0.6) is 0 Å². The van der Waals surface area contributed by atoms with Crippen molar-refractivity contribution in [3.05, 3.63) is 23.8 Å². The fourth-order valence-electron chi connectivity index (χ4n) is 2.27. The molecular formula is C14H20N2O. The molecule has 0 radical (unpaired) electrons. The number of rotatable bonds is 3. The van der Waals surface area contributed by atoms with Crippen LogP contribution in [0.25, 0.3) is 0 Å². The lowest BCUT2D eigenvalue weighted by Gasteiger charge is -2.18. The zero-order chi connectivity index (χ0) is 12.4. The van der Waals surface area contributed by atoms with Gasteiger partial charge in [0.25, 0.3) is 0 Å². The number of nitrogens with two attached hydrogens (primary N) is 1. The number of anilines is 2. The van der Waals surface area contributed by atoms with E-state index in [0.29, 0.717) is 12.3 Å². The summed E-state index contributed by atoms with van der Waals surface area (Å²) >= 11 is 0. The Morgan fingerprint density at radius 3 is 2.94 bits per heavy atom. The second-order valence-corrected chi connectivity index (χ2v) is 5.07. The first-order chi connectivity index (χ1) is 8.09. The number of carbonyl (C=O) groups is 1. The smallest absolute Gasteiger partial charge is 0.227 e. The molecule has 1 amide bonds. The second kappa shape index (κ2) is 4.78. The van der Waals surface area contributed by atoms with Gasteiger partial charge in [-0.15, -0.1) is 0 Å². The zero-order valence-electron chi connectivity index (χ0n) is 10.6. The first-order valence-electron chi connectivity index (χ1n) is 6.27. The van der Waals surface area contributed by atoms with Crippen LogP contribution in [0.15, 0.2) is 18.2 Å². The molecule has 1 aromatic carbocycles. The molecule has 17 heavy (non-hydrogen) atoms. The van der Waals surface area contributed by atoms with Crippen molar-refractivity contribution in [1.82, 2.24) is 0 Å². The van der Waals surface area contributed by atoms with Crippen LogP contribution in [0.3, 0.4) is 0 Å². The maximum absolute atomic E-state index is 12.1. The minimum atomic E-state index is 0.225. The molecule has 1 aliphatic rings. The molecule has 0 saturated heterocycles. The Bertz CT molecular complexity index is 426. The van der Waals surface area contributed by atoms with Crippen LogP contribution in [0, 0.1) is 5.92 Å². The third kappa shape index (κ3) is 2.43. The lowest BCUT2D eigenvalue weighted by Crippen LogP contribution is -2.28. The van der Waals surface area contributed by atoms with E-state index in [0.717, 1.165) is 36.3 Å². The third-order valence-corrected chi connectivity index (χ3v) is 3.30. The van der Waals surface area contributed by atoms with Crippen LogP contribution in [-0.2, 0) is 11.2 Å². The number of hydrogen-bond donors (Lipinski definition) is 1. The number of amides is 1. The van der Waals surface area contributed by atoms with E-state index in [9.17, 15) is 4.79 Å². The van der Waals surface area contributed by atoms with Gasteiger partial charge in [0, 0.05) is 29.9 Å². The summed E-state index contributed by atoms with van der Waals surface area (Å²) in [6.45, 7) is 5.06. The van der Waals surface area contributed by atoms with Crippen LogP contribution < -0.4 is 10.6 Å². The molecule has 0 saturated carbocycles. The van der Waals surface area contributed by atoms with Gasteiger partial charge in [-0.2, -0.15) is 0 Å². The molecule has 0 aromatic heterocycles. The highest BCUT2D eigenvalue weighted by Crippen LogP contribution is 2.32. The van der Waals surface area contributed by atoms with Crippen LogP contribution in [0.4, 0.5) is 11.4 Å². The van der Waals surface area contributed by atoms with Gasteiger partial charge in [-0.1, -0.05) is 19.9 Å². The van der Waals surface area contributed by atoms with E-state index in [1.807, 2.05) is 23.1 Å². The summed E-state index contributed by atoms with van der Waals surface area (Å²) in [4.78, 5) is 14.0. The number of carbonyl (C=O) groups excluding carboxylic acids is 1. The van der Waals surface area contributed by atoms with Crippen LogP contribution in [-0.4, -0.2) is 12.5 Å². The topological polar surface area (TPSA) is 46.3 Å². The Labute approximate surface area is 103 Å². The molecule has 0 spiro atoms. The monoisotopic (exact) mass is 232 g/mol. The Kier molecular flexibility index (Phi) is 3.36. The molecule has 1 aromatic rings. The Morgan fingerprint density at radius 2 is 2.24 bits per heavy atom. The van der Waals surface area contributed by atoms with Crippen LogP contribution in [0.2, 0.25) is 0 Å². The van der Waals surface area contributed by atoms with Gasteiger partial charge in [-0.25, -0.2) is 0 Å². The highest BCUT2D eigenvalue weighted by Gasteiger charge is 2.25. The molecule has 3 heteroatoms. The molecule has 2 rings (SSSR count). The number of benzene rings is 1. The van der Waals surface area contributed by atoms with E-state index in [-0.39, 0.29) is 5.91 Å². The predicted molar refractivity (Wildman–Crippen MR) is 71.0 cm³/mol. The summed E-state index contributed by atoms with van der Waals surface area (Å²) in [5.74, 6) is 0.796. The molecular weight excluding hydrogens is 212 g/mol. The van der Waals surface area contributed by atoms with Gasteiger partial charge < -0.3 is 10.6 Å². The minimum Gasteiger partial charge on any atom is -0.398 e. The van der Waals surface area contributed by atoms with Crippen molar-refractivity contribution in [3.8, 4) is 0 Å². The Hall–Kier alpha value is -1.51. The highest BCUT2D eigenvalue weighted by atomic mass is 16.2. The van der Waals surface area contributed by atoms with Crippen molar-refractivity contribution < 1.29 is 4.79 Å². The second-order valence-electron chi connectivity index (χ2n) is 5.07. The number of fused-ring (bicyclic) bond motifs is 1. The number of nitrogens with zero attached hydrogens (tertiary/aromatic N) is 1. The molecule has 2 N–H and O–H groups in total. The summed E-state index contributed by atoms with van der Waals surface area (Å²) in [6.07, 6.45) is 2.47. The van der Waals surface area contributed by atoms with Crippen molar-refractivity contribution in [2.24, 2.45) is 5.92 Å². The quantitative estimate of drug-likeness (QED) is 0.814. The largest absolute Gasteiger partial charge is 0.398 e. The molecule has 92 valence electrons. The maximum atomic E-state index is 12.1. The van der Waals surface area contributed by atoms with Crippen molar-refractivity contribution >= 4 is 17.3 Å². The van der Waals surface area contributed by atoms with Gasteiger partial charge in [0.2, 0.25) is 5.91 Å². The van der Waals surface area contributed by atoms with Gasteiger partial charge in [0.05, 0.1) is 0 Å². The minimum absolute atomic E-state index is 0.225. The van der Waals surface area contributed by atoms with Gasteiger partial charge in [-0.05, 0) is 30.9 Å². The maximum Gasteiger partial charge on any atom is 0.227 e. The Morgan fingerprint density at radius 1 is 1.47 bits per heavy atom. The molecule has 1 heterocycles. The summed E-state index contributed by atoms with van der Waals surface area (Å²) in [7, 11) is 0. The van der Waals surface area contributed by atoms with E-state index in [4.69, 9.17) is 5.73 Å². The normalized spacial score (nSPS) is 14.2. The van der Waals surface area contributed by atoms with Gasteiger partial charge >= 0.3 is 0 Å². The Balaban J connectivity index is 2.11. The molecule has 0 unspecified atom stereocenters. The molecule has 1 aliphatic heterocycles. The summed E-state index contributed by atoms with van der Waals surface area (Å²) in [5.41, 5.74) is 8.87. The molecule has 0 fully saturated rings. The first kappa shape index (κ1) is 12.0. The van der Waals surface area contributed by atoms with Crippen LogP contribution >= 0.6 is 0 Å². The van der Waals surface area contributed by atoms with Crippen molar-refractivity contribution in [1.29, 1.82) is 0 Å². The fraction of sp³-hybridized carbons (Fsp3) is 0.500. The fourth-order valence-corrected chi connectivity index (χ4v) is 2.27. The lowest BCUT2D eigenvalue weighted by atomic mass is 10.1. The average molecular weight is 232 g/mol. The standard InChI is InChI=1S/C14H20N2O/c1-10(2)6-7-14(17)16-9-8-11-12(15)4-3-5-13(11)16/h3-5,10H,6-9,15H2,1-2H3. The summed E-state index contributed by atoms with van der Waals surface area (Å²) < 4.78 is 0. The van der Waals surface area contributed by atoms with Crippen molar-refractivity contribution in [2.75, 3.05) is 17.2 Å². The third-order valence-electron chi connectivity index (χ3n) is 3.30. The van der Waals surface area contributed by atoms with Crippen molar-refractivity contribution in [2.45, 2.75) is 33.1 Å². The predicted octanol–water partition coefficient (Wildman–Crippen LogP) is 2.59. The van der Waals surface area contributed by atoms with E-state index < -0.39 is 0 Å². The molecule has 0 aliphatic carbocycles. The van der Waals surface area contributed by atoms with Crippen molar-refractivity contribution in [3.63, 3.8) is 0 Å². The van der Waals surface area contributed by atoms with Gasteiger partial charge in [0.15, 0.2) is 0 Å².